The Bertz CT molecular complexity index is 298. The standard InChI is InChI=1S/C12H23O4P/c1-11(2)8-6-5-7-9-12(13)10-17(14,15-3)16-4/h8H,5-7,9-10H2,1-4H3. The molecule has 0 atom stereocenters. The Morgan fingerprint density at radius 2 is 1.76 bits per heavy atom. The lowest BCUT2D eigenvalue weighted by atomic mass is 10.1. The molecule has 0 aromatic carbocycles. The third-order valence-electron chi connectivity index (χ3n) is 2.39. The van der Waals surface area contributed by atoms with Crippen LogP contribution in [0.2, 0.25) is 0 Å². The van der Waals surface area contributed by atoms with Crippen molar-refractivity contribution in [2.75, 3.05) is 20.4 Å². The van der Waals surface area contributed by atoms with Crippen LogP contribution >= 0.6 is 7.60 Å². The Morgan fingerprint density at radius 1 is 1.18 bits per heavy atom. The number of ketones is 1. The van der Waals surface area contributed by atoms with Crippen molar-refractivity contribution in [3.8, 4) is 0 Å². The van der Waals surface area contributed by atoms with Gasteiger partial charge in [-0.25, -0.2) is 0 Å². The highest BCUT2D eigenvalue weighted by Crippen LogP contribution is 2.46. The van der Waals surface area contributed by atoms with Gasteiger partial charge in [-0.05, 0) is 33.1 Å². The molecule has 0 aliphatic heterocycles. The first-order chi connectivity index (χ1) is 7.93. The van der Waals surface area contributed by atoms with E-state index in [2.05, 4.69) is 19.9 Å². The van der Waals surface area contributed by atoms with E-state index in [4.69, 9.17) is 9.05 Å². The first-order valence-corrected chi connectivity index (χ1v) is 7.52. The van der Waals surface area contributed by atoms with Crippen molar-refractivity contribution in [2.24, 2.45) is 0 Å². The van der Waals surface area contributed by atoms with Crippen molar-refractivity contribution in [3.63, 3.8) is 0 Å². The maximum Gasteiger partial charge on any atom is 0.337 e. The maximum absolute atomic E-state index is 11.7. The van der Waals surface area contributed by atoms with Crippen molar-refractivity contribution in [2.45, 2.75) is 39.5 Å². The van der Waals surface area contributed by atoms with Gasteiger partial charge in [0.05, 0.1) is 0 Å². The van der Waals surface area contributed by atoms with E-state index in [0.717, 1.165) is 19.3 Å². The molecule has 0 aliphatic rings. The second-order valence-corrected chi connectivity index (χ2v) is 6.47. The highest BCUT2D eigenvalue weighted by molar-refractivity contribution is 7.54. The summed E-state index contributed by atoms with van der Waals surface area (Å²) in [5.41, 5.74) is 1.29. The minimum atomic E-state index is -3.17. The molecular formula is C12H23O4P. The van der Waals surface area contributed by atoms with Crippen LogP contribution in [-0.2, 0) is 18.4 Å². The smallest absolute Gasteiger partial charge is 0.312 e. The fraction of sp³-hybridized carbons (Fsp3) is 0.750. The van der Waals surface area contributed by atoms with Crippen LogP contribution in [0.15, 0.2) is 11.6 Å². The number of hydrogen-bond donors (Lipinski definition) is 0. The number of Topliss-reactive ketones (excluding diaryl/α,β-unsaturated/α-hetero) is 1. The number of hydrogen-bond acceptors (Lipinski definition) is 4. The van der Waals surface area contributed by atoms with Gasteiger partial charge < -0.3 is 9.05 Å². The zero-order valence-corrected chi connectivity index (χ0v) is 12.1. The highest BCUT2D eigenvalue weighted by Gasteiger charge is 2.24. The van der Waals surface area contributed by atoms with Crippen molar-refractivity contribution in [1.29, 1.82) is 0 Å². The van der Waals surface area contributed by atoms with Crippen molar-refractivity contribution in [3.05, 3.63) is 11.6 Å². The molecule has 0 saturated heterocycles. The summed E-state index contributed by atoms with van der Waals surface area (Å²) >= 11 is 0. The summed E-state index contributed by atoms with van der Waals surface area (Å²) in [6.45, 7) is 4.11. The van der Waals surface area contributed by atoms with Gasteiger partial charge in [0, 0.05) is 20.6 Å². The molecule has 0 fully saturated rings. The van der Waals surface area contributed by atoms with Crippen LogP contribution in [0, 0.1) is 0 Å². The lowest BCUT2D eigenvalue weighted by molar-refractivity contribution is -0.117. The summed E-state index contributed by atoms with van der Waals surface area (Å²) in [7, 11) is -0.574. The third kappa shape index (κ3) is 8.31. The van der Waals surface area contributed by atoms with E-state index >= 15 is 0 Å². The normalized spacial score (nSPS) is 11.3. The van der Waals surface area contributed by atoms with Gasteiger partial charge in [0.25, 0.3) is 0 Å². The number of rotatable bonds is 9. The molecule has 0 unspecified atom stereocenters. The Labute approximate surface area is 104 Å². The summed E-state index contributed by atoms with van der Waals surface area (Å²) in [6, 6.07) is 0. The molecule has 4 nitrogen and oxygen atoms in total. The SMILES string of the molecule is COP(=O)(CC(=O)CCCCC=C(C)C)OC. The first-order valence-electron chi connectivity index (χ1n) is 5.79. The van der Waals surface area contributed by atoms with Gasteiger partial charge in [0.1, 0.15) is 11.9 Å². The molecule has 5 heteroatoms. The first kappa shape index (κ1) is 16.6. The maximum atomic E-state index is 11.7. The largest absolute Gasteiger partial charge is 0.337 e. The number of unbranched alkanes of at least 4 members (excludes halogenated alkanes) is 2. The van der Waals surface area contributed by atoms with Crippen LogP contribution in [-0.4, -0.2) is 26.2 Å². The van der Waals surface area contributed by atoms with E-state index in [0.29, 0.717) is 6.42 Å². The van der Waals surface area contributed by atoms with Gasteiger partial charge >= 0.3 is 7.60 Å². The molecule has 0 amide bonds. The van der Waals surface area contributed by atoms with E-state index in [1.165, 1.54) is 19.8 Å². The topological polar surface area (TPSA) is 52.6 Å². The fourth-order valence-corrected chi connectivity index (χ4v) is 2.35. The van der Waals surface area contributed by atoms with Crippen LogP contribution in [0.4, 0.5) is 0 Å². The molecule has 17 heavy (non-hydrogen) atoms. The number of carbonyl (C=O) groups excluding carboxylic acids is 1. The van der Waals surface area contributed by atoms with Gasteiger partial charge in [-0.3, -0.25) is 9.36 Å². The predicted octanol–water partition coefficient (Wildman–Crippen LogP) is 3.57. The summed E-state index contributed by atoms with van der Waals surface area (Å²) in [4.78, 5) is 11.5. The molecule has 0 saturated carbocycles. The lowest BCUT2D eigenvalue weighted by Gasteiger charge is -2.12. The quantitative estimate of drug-likeness (QED) is 0.362. The van der Waals surface area contributed by atoms with Crippen LogP contribution in [0.5, 0.6) is 0 Å². The molecule has 0 rings (SSSR count). The van der Waals surface area contributed by atoms with Gasteiger partial charge in [-0.15, -0.1) is 0 Å². The van der Waals surface area contributed by atoms with E-state index in [1.54, 1.807) is 0 Å². The zero-order valence-electron chi connectivity index (χ0n) is 11.2. The summed E-state index contributed by atoms with van der Waals surface area (Å²) < 4.78 is 21.1. The summed E-state index contributed by atoms with van der Waals surface area (Å²) in [5, 5.41) is 0. The minimum absolute atomic E-state index is 0.0609. The molecule has 0 aromatic rings. The highest BCUT2D eigenvalue weighted by atomic mass is 31.2. The molecule has 100 valence electrons. The van der Waals surface area contributed by atoms with Gasteiger partial charge in [0.2, 0.25) is 0 Å². The number of carbonyl (C=O) groups is 1. The molecular weight excluding hydrogens is 239 g/mol. The molecule has 0 bridgehead atoms. The average Bonchev–Trinajstić information content (AvgIpc) is 2.28. The van der Waals surface area contributed by atoms with Crippen LogP contribution < -0.4 is 0 Å². The van der Waals surface area contributed by atoms with Crippen molar-refractivity contribution >= 4 is 13.4 Å². The predicted molar refractivity (Wildman–Crippen MR) is 69.4 cm³/mol. The monoisotopic (exact) mass is 262 g/mol. The molecule has 0 N–H and O–H groups in total. The van der Waals surface area contributed by atoms with E-state index in [9.17, 15) is 9.36 Å². The second-order valence-electron chi connectivity index (χ2n) is 4.20. The molecule has 0 heterocycles. The minimum Gasteiger partial charge on any atom is -0.312 e. The van der Waals surface area contributed by atoms with E-state index < -0.39 is 7.60 Å². The summed E-state index contributed by atoms with van der Waals surface area (Å²) in [6.07, 6.45) is 5.24. The van der Waals surface area contributed by atoms with Crippen molar-refractivity contribution < 1.29 is 18.4 Å². The Morgan fingerprint density at radius 3 is 2.24 bits per heavy atom. The van der Waals surface area contributed by atoms with Gasteiger partial charge in [0.15, 0.2) is 0 Å². The van der Waals surface area contributed by atoms with Gasteiger partial charge in [-0.2, -0.15) is 0 Å². The Kier molecular flexibility index (Phi) is 8.40. The average molecular weight is 262 g/mol. The van der Waals surface area contributed by atoms with E-state index in [-0.39, 0.29) is 11.9 Å². The lowest BCUT2D eigenvalue weighted by Crippen LogP contribution is -2.07. The van der Waals surface area contributed by atoms with Crippen LogP contribution in [0.25, 0.3) is 0 Å². The van der Waals surface area contributed by atoms with Gasteiger partial charge in [-0.1, -0.05) is 11.6 Å². The Hall–Kier alpha value is -0.440. The molecule has 0 aliphatic carbocycles. The third-order valence-corrected chi connectivity index (χ3v) is 4.24. The second kappa shape index (κ2) is 8.62. The van der Waals surface area contributed by atoms with Crippen LogP contribution in [0.1, 0.15) is 39.5 Å². The molecule has 0 radical (unpaired) electrons. The zero-order chi connectivity index (χ0) is 13.3. The Balaban J connectivity index is 3.81. The number of allylic oxidation sites excluding steroid dienone is 2. The molecule has 0 aromatic heterocycles. The van der Waals surface area contributed by atoms with Crippen molar-refractivity contribution in [1.82, 2.24) is 0 Å². The fourth-order valence-electron chi connectivity index (χ4n) is 1.36. The van der Waals surface area contributed by atoms with Crippen LogP contribution in [0.3, 0.4) is 0 Å². The van der Waals surface area contributed by atoms with E-state index in [1.807, 2.05) is 0 Å². The summed E-state index contributed by atoms with van der Waals surface area (Å²) in [5.74, 6) is -0.0609. The molecule has 0 spiro atoms.